The maximum atomic E-state index is 15.1. The van der Waals surface area contributed by atoms with Gasteiger partial charge in [-0.25, -0.2) is 39.5 Å². The molecule has 3 rings (SSSR count). The van der Waals surface area contributed by atoms with Gasteiger partial charge in [0.05, 0.1) is 34.8 Å². The topological polar surface area (TPSA) is 18.5 Å². The summed E-state index contributed by atoms with van der Waals surface area (Å²) in [7, 11) is 0. The van der Waals surface area contributed by atoms with Crippen molar-refractivity contribution in [1.82, 2.24) is 0 Å². The minimum absolute atomic E-state index is 0.0583. The molecule has 2 aromatic carbocycles. The molecule has 0 spiro atoms. The van der Waals surface area contributed by atoms with Crippen molar-refractivity contribution in [3.8, 4) is 33.1 Å². The number of rotatable bonds is 10. The second-order valence-electron chi connectivity index (χ2n) is 7.61. The number of benzene rings is 2. The van der Waals surface area contributed by atoms with Crippen LogP contribution in [0, 0.1) is 52.4 Å². The van der Waals surface area contributed by atoms with Crippen molar-refractivity contribution in [2.24, 2.45) is 0 Å². The number of hydrogen-bond donors (Lipinski definition) is 0. The van der Waals surface area contributed by atoms with Crippen LogP contribution < -0.4 is 9.47 Å². The third-order valence-corrected chi connectivity index (χ3v) is 6.12. The zero-order chi connectivity index (χ0) is 26.7. The van der Waals surface area contributed by atoms with Gasteiger partial charge in [0.1, 0.15) is 0 Å². The fourth-order valence-electron chi connectivity index (χ4n) is 3.26. The summed E-state index contributed by atoms with van der Waals surface area (Å²) in [6, 6.07) is 0. The molecule has 0 radical (unpaired) electrons. The summed E-state index contributed by atoms with van der Waals surface area (Å²) in [5.41, 5.74) is -5.50. The lowest BCUT2D eigenvalue weighted by molar-refractivity contribution is 0.264. The van der Waals surface area contributed by atoms with Crippen LogP contribution >= 0.6 is 11.3 Å². The second-order valence-corrected chi connectivity index (χ2v) is 8.49. The Hall–Kier alpha value is -2.89. The molecule has 196 valence electrons. The van der Waals surface area contributed by atoms with E-state index in [1.54, 1.807) is 0 Å². The van der Waals surface area contributed by atoms with Gasteiger partial charge in [0.15, 0.2) is 58.0 Å². The van der Waals surface area contributed by atoms with Gasteiger partial charge in [-0.3, -0.25) is 0 Å². The Morgan fingerprint density at radius 2 is 0.944 bits per heavy atom. The monoisotopic (exact) mass is 542 g/mol. The molecule has 36 heavy (non-hydrogen) atoms. The minimum atomic E-state index is -2.62. The largest absolute Gasteiger partial charge is 0.489 e. The molecule has 0 amide bonds. The van der Waals surface area contributed by atoms with E-state index in [-0.39, 0.29) is 24.7 Å². The summed E-state index contributed by atoms with van der Waals surface area (Å²) in [6.45, 7) is 4.02. The summed E-state index contributed by atoms with van der Waals surface area (Å²) >= 11 is 0.625. The van der Waals surface area contributed by atoms with E-state index < -0.39 is 73.9 Å². The lowest BCUT2D eigenvalue weighted by Crippen LogP contribution is -2.10. The van der Waals surface area contributed by atoms with Gasteiger partial charge in [-0.05, 0) is 12.8 Å². The zero-order valence-corrected chi connectivity index (χ0v) is 19.8. The van der Waals surface area contributed by atoms with E-state index in [1.165, 1.54) is 5.38 Å². The van der Waals surface area contributed by atoms with Crippen LogP contribution in [-0.2, 0) is 0 Å². The molecule has 0 saturated heterocycles. The minimum Gasteiger partial charge on any atom is -0.489 e. The Morgan fingerprint density at radius 3 is 1.42 bits per heavy atom. The first-order valence-electron chi connectivity index (χ1n) is 10.8. The number of unbranched alkanes of at least 4 members (excludes halogenated alkanes) is 2. The van der Waals surface area contributed by atoms with Gasteiger partial charge in [-0.1, -0.05) is 26.7 Å². The van der Waals surface area contributed by atoms with Gasteiger partial charge in [-0.15, -0.1) is 11.3 Å². The first kappa shape index (κ1) is 27.7. The van der Waals surface area contributed by atoms with E-state index in [9.17, 15) is 30.7 Å². The molecule has 1 aromatic heterocycles. The van der Waals surface area contributed by atoms with Gasteiger partial charge in [0, 0.05) is 5.38 Å². The molecule has 1 heterocycles. The molecule has 3 aromatic rings. The van der Waals surface area contributed by atoms with Crippen LogP contribution in [0.3, 0.4) is 0 Å². The summed E-state index contributed by atoms with van der Waals surface area (Å²) in [6.07, 6.45) is 2.61. The van der Waals surface area contributed by atoms with E-state index in [1.807, 2.05) is 13.8 Å². The smallest absolute Gasteiger partial charge is 0.200 e. The van der Waals surface area contributed by atoms with Crippen molar-refractivity contribution >= 4 is 11.3 Å². The SMILES string of the molecule is CCCCOc1csc(-c2c(F)c(F)c(-c3c(F)c(F)c(F)c(F)c3F)c(F)c2F)c1OCCCC. The van der Waals surface area contributed by atoms with Gasteiger partial charge in [0.2, 0.25) is 5.82 Å². The van der Waals surface area contributed by atoms with Crippen LogP contribution in [0.1, 0.15) is 39.5 Å². The average Bonchev–Trinajstić information content (AvgIpc) is 3.25. The predicted molar refractivity (Wildman–Crippen MR) is 116 cm³/mol. The first-order valence-corrected chi connectivity index (χ1v) is 11.7. The van der Waals surface area contributed by atoms with Crippen LogP contribution in [0.4, 0.5) is 39.5 Å². The van der Waals surface area contributed by atoms with Crippen LogP contribution in [0.2, 0.25) is 0 Å². The highest BCUT2D eigenvalue weighted by Crippen LogP contribution is 2.48. The Kier molecular flexibility index (Phi) is 8.80. The van der Waals surface area contributed by atoms with Gasteiger partial charge in [-0.2, -0.15) is 0 Å². The number of halogens is 9. The molecule has 0 aliphatic rings. The van der Waals surface area contributed by atoms with E-state index in [0.29, 0.717) is 30.6 Å². The van der Waals surface area contributed by atoms with Crippen molar-refractivity contribution in [3.63, 3.8) is 0 Å². The molecule has 0 saturated carbocycles. The molecule has 0 N–H and O–H groups in total. The highest BCUT2D eigenvalue weighted by atomic mass is 32.1. The third-order valence-electron chi connectivity index (χ3n) is 5.16. The summed E-state index contributed by atoms with van der Waals surface area (Å²) in [4.78, 5) is -0.422. The van der Waals surface area contributed by atoms with Gasteiger partial charge < -0.3 is 9.47 Å². The van der Waals surface area contributed by atoms with Crippen molar-refractivity contribution in [3.05, 3.63) is 57.7 Å². The standard InChI is InChI=1S/C24H19F9O2S/c1-3-5-7-34-10-9-36-24(23(10)35-8-6-4-2)13-18(29)14(25)11(15(26)19(13)30)12-16(27)20(31)22(33)21(32)17(12)28/h9H,3-8H2,1-2H3. The third kappa shape index (κ3) is 4.87. The number of thiophene rings is 1. The summed E-state index contributed by atoms with van der Waals surface area (Å²) in [5.74, 6) is -22.1. The number of ether oxygens (including phenoxy) is 2. The van der Waals surface area contributed by atoms with Crippen LogP contribution in [0.5, 0.6) is 11.5 Å². The van der Waals surface area contributed by atoms with Crippen molar-refractivity contribution < 1.29 is 49.0 Å². The highest BCUT2D eigenvalue weighted by Gasteiger charge is 2.36. The van der Waals surface area contributed by atoms with Gasteiger partial charge >= 0.3 is 0 Å². The Bertz CT molecular complexity index is 1220. The van der Waals surface area contributed by atoms with Crippen molar-refractivity contribution in [2.75, 3.05) is 13.2 Å². The molecular weight excluding hydrogens is 523 g/mol. The highest BCUT2D eigenvalue weighted by molar-refractivity contribution is 7.14. The molecule has 2 nitrogen and oxygen atoms in total. The van der Waals surface area contributed by atoms with Crippen molar-refractivity contribution in [1.29, 1.82) is 0 Å². The van der Waals surface area contributed by atoms with E-state index in [0.717, 1.165) is 6.42 Å². The van der Waals surface area contributed by atoms with E-state index in [4.69, 9.17) is 9.47 Å². The lowest BCUT2D eigenvalue weighted by Gasteiger charge is -2.15. The molecule has 12 heteroatoms. The predicted octanol–water partition coefficient (Wildman–Crippen LogP) is 8.69. The Balaban J connectivity index is 2.24. The fourth-order valence-corrected chi connectivity index (χ4v) is 4.22. The quantitative estimate of drug-likeness (QED) is 0.110. The maximum absolute atomic E-state index is 15.1. The van der Waals surface area contributed by atoms with Crippen LogP contribution in [0.15, 0.2) is 5.38 Å². The summed E-state index contributed by atoms with van der Waals surface area (Å²) in [5, 5.41) is 1.30. The molecule has 0 bridgehead atoms. The molecule has 0 aliphatic carbocycles. The second kappa shape index (κ2) is 11.4. The number of hydrogen-bond acceptors (Lipinski definition) is 3. The van der Waals surface area contributed by atoms with E-state index >= 15 is 8.78 Å². The molecule has 0 fully saturated rings. The molecule has 0 unspecified atom stereocenters. The first-order chi connectivity index (χ1) is 17.1. The average molecular weight is 542 g/mol. The Morgan fingerprint density at radius 1 is 0.556 bits per heavy atom. The Labute approximate surface area is 204 Å². The van der Waals surface area contributed by atoms with Gasteiger partial charge in [0.25, 0.3) is 0 Å². The zero-order valence-electron chi connectivity index (χ0n) is 18.9. The van der Waals surface area contributed by atoms with E-state index in [2.05, 4.69) is 0 Å². The molecule has 0 aliphatic heterocycles. The normalized spacial score (nSPS) is 11.3. The maximum Gasteiger partial charge on any atom is 0.200 e. The molecule has 0 atom stereocenters. The molecular formula is C24H19F9O2S. The van der Waals surface area contributed by atoms with Crippen molar-refractivity contribution in [2.45, 2.75) is 39.5 Å². The van der Waals surface area contributed by atoms with Crippen LogP contribution in [-0.4, -0.2) is 13.2 Å². The lowest BCUT2D eigenvalue weighted by atomic mass is 9.98. The van der Waals surface area contributed by atoms with Crippen LogP contribution in [0.25, 0.3) is 21.6 Å². The summed E-state index contributed by atoms with van der Waals surface area (Å²) < 4.78 is 140. The fraction of sp³-hybridized carbons (Fsp3) is 0.333.